The van der Waals surface area contributed by atoms with E-state index in [0.717, 1.165) is 28.8 Å². The van der Waals surface area contributed by atoms with Gasteiger partial charge >= 0.3 is 12.1 Å². The molecule has 1 heterocycles. The zero-order chi connectivity index (χ0) is 28.0. The third kappa shape index (κ3) is 6.51. The lowest BCUT2D eigenvalue weighted by molar-refractivity contribution is -0.140. The van der Waals surface area contributed by atoms with Crippen molar-refractivity contribution in [1.29, 1.82) is 0 Å². The third-order valence-corrected chi connectivity index (χ3v) is 7.92. The molecule has 0 saturated carbocycles. The standard InChI is InChI=1S/C32H35N3O5/c36-29(34-32(20-30(37)38)15-18-35(19-16-32)21-23-8-2-1-3-9-23)14-17-33-31(39)40-22-28-26-12-6-4-10-24(26)25-11-5-7-13-27(25)28/h1-13,28H,14-22H2,(H,33,39)(H,34,36)(H,37,38). The lowest BCUT2D eigenvalue weighted by Gasteiger charge is -2.41. The molecule has 40 heavy (non-hydrogen) atoms. The molecule has 8 heteroatoms. The van der Waals surface area contributed by atoms with Crippen molar-refractivity contribution in [2.75, 3.05) is 26.2 Å². The molecule has 0 unspecified atom stereocenters. The lowest BCUT2D eigenvalue weighted by atomic mass is 9.84. The first-order valence-electron chi connectivity index (χ1n) is 13.8. The Labute approximate surface area is 234 Å². The highest BCUT2D eigenvalue weighted by Crippen LogP contribution is 2.44. The molecule has 2 aliphatic rings. The summed E-state index contributed by atoms with van der Waals surface area (Å²) in [5, 5.41) is 15.2. The van der Waals surface area contributed by atoms with Gasteiger partial charge in [-0.15, -0.1) is 0 Å². The van der Waals surface area contributed by atoms with E-state index in [0.29, 0.717) is 25.9 Å². The second-order valence-corrected chi connectivity index (χ2v) is 10.7. The van der Waals surface area contributed by atoms with E-state index in [1.165, 1.54) is 5.56 Å². The maximum absolute atomic E-state index is 12.8. The van der Waals surface area contributed by atoms with E-state index in [4.69, 9.17) is 4.74 Å². The number of rotatable bonds is 10. The number of alkyl carbamates (subject to hydrolysis) is 1. The van der Waals surface area contributed by atoms with Crippen LogP contribution in [0.5, 0.6) is 0 Å². The molecule has 0 spiro atoms. The number of carbonyl (C=O) groups excluding carboxylic acids is 2. The average Bonchev–Trinajstić information content (AvgIpc) is 3.27. The lowest BCUT2D eigenvalue weighted by Crippen LogP contribution is -2.56. The molecule has 2 amide bonds. The molecule has 8 nitrogen and oxygen atoms in total. The van der Waals surface area contributed by atoms with Crippen LogP contribution in [-0.2, 0) is 20.9 Å². The summed E-state index contributed by atoms with van der Waals surface area (Å²) in [6, 6.07) is 26.4. The van der Waals surface area contributed by atoms with Gasteiger partial charge in [0, 0.05) is 38.5 Å². The van der Waals surface area contributed by atoms with Crippen molar-refractivity contribution >= 4 is 18.0 Å². The minimum atomic E-state index is -0.937. The molecule has 0 atom stereocenters. The van der Waals surface area contributed by atoms with Crippen LogP contribution in [0.1, 0.15) is 48.3 Å². The van der Waals surface area contributed by atoms with Gasteiger partial charge < -0.3 is 20.5 Å². The van der Waals surface area contributed by atoms with Crippen molar-refractivity contribution in [2.45, 2.75) is 43.7 Å². The molecule has 0 bridgehead atoms. The van der Waals surface area contributed by atoms with E-state index < -0.39 is 17.6 Å². The number of hydrogen-bond acceptors (Lipinski definition) is 5. The molecule has 1 saturated heterocycles. The highest BCUT2D eigenvalue weighted by molar-refractivity contribution is 5.80. The number of likely N-dealkylation sites (tertiary alicyclic amines) is 1. The van der Waals surface area contributed by atoms with E-state index >= 15 is 0 Å². The smallest absolute Gasteiger partial charge is 0.407 e. The van der Waals surface area contributed by atoms with E-state index in [1.54, 1.807) is 0 Å². The van der Waals surface area contributed by atoms with Gasteiger partial charge in [-0.25, -0.2) is 4.79 Å². The number of fused-ring (bicyclic) bond motifs is 3. The Bertz CT molecular complexity index is 1310. The molecule has 3 aromatic rings. The summed E-state index contributed by atoms with van der Waals surface area (Å²) in [4.78, 5) is 39.1. The minimum Gasteiger partial charge on any atom is -0.481 e. The molecule has 1 aliphatic heterocycles. The van der Waals surface area contributed by atoms with Crippen LogP contribution in [0.4, 0.5) is 4.79 Å². The number of carbonyl (C=O) groups is 3. The zero-order valence-corrected chi connectivity index (χ0v) is 22.5. The number of nitrogens with one attached hydrogen (secondary N) is 2. The second-order valence-electron chi connectivity index (χ2n) is 10.7. The number of carboxylic acid groups (broad SMARTS) is 1. The van der Waals surface area contributed by atoms with Gasteiger partial charge in [0.05, 0.1) is 12.0 Å². The summed E-state index contributed by atoms with van der Waals surface area (Å²) in [6.07, 6.45) is 0.441. The highest BCUT2D eigenvalue weighted by Gasteiger charge is 2.38. The van der Waals surface area contributed by atoms with Crippen molar-refractivity contribution in [3.05, 3.63) is 95.6 Å². The first-order chi connectivity index (χ1) is 19.4. The van der Waals surface area contributed by atoms with Crippen molar-refractivity contribution < 1.29 is 24.2 Å². The van der Waals surface area contributed by atoms with Crippen LogP contribution >= 0.6 is 0 Å². The maximum Gasteiger partial charge on any atom is 0.407 e. The van der Waals surface area contributed by atoms with Gasteiger partial charge in [-0.2, -0.15) is 0 Å². The van der Waals surface area contributed by atoms with Crippen LogP contribution < -0.4 is 10.6 Å². The number of amides is 2. The van der Waals surface area contributed by atoms with E-state index in [1.807, 2.05) is 42.5 Å². The molecule has 208 valence electrons. The fraction of sp³-hybridized carbons (Fsp3) is 0.344. The summed E-state index contributed by atoms with van der Waals surface area (Å²) in [6.45, 7) is 2.49. The topological polar surface area (TPSA) is 108 Å². The molecular formula is C32H35N3O5. The molecule has 3 aromatic carbocycles. The monoisotopic (exact) mass is 541 g/mol. The van der Waals surface area contributed by atoms with Crippen LogP contribution in [0.25, 0.3) is 11.1 Å². The first kappa shape index (κ1) is 27.4. The number of ether oxygens (including phenoxy) is 1. The summed E-state index contributed by atoms with van der Waals surface area (Å²) in [5.41, 5.74) is 5.00. The molecule has 1 aliphatic carbocycles. The number of piperidine rings is 1. The van der Waals surface area contributed by atoms with Crippen LogP contribution in [0.15, 0.2) is 78.9 Å². The van der Waals surface area contributed by atoms with Crippen molar-refractivity contribution in [2.24, 2.45) is 0 Å². The Morgan fingerprint density at radius 1 is 0.875 bits per heavy atom. The molecule has 0 radical (unpaired) electrons. The van der Waals surface area contributed by atoms with Gasteiger partial charge in [0.15, 0.2) is 0 Å². The Balaban J connectivity index is 1.08. The van der Waals surface area contributed by atoms with Gasteiger partial charge in [-0.3, -0.25) is 14.5 Å². The normalized spacial score (nSPS) is 16.0. The number of aliphatic carboxylic acids is 1. The average molecular weight is 542 g/mol. The van der Waals surface area contributed by atoms with Crippen LogP contribution in [0.3, 0.4) is 0 Å². The summed E-state index contributed by atoms with van der Waals surface area (Å²) < 4.78 is 5.54. The van der Waals surface area contributed by atoms with Crippen molar-refractivity contribution in [3.63, 3.8) is 0 Å². The second kappa shape index (κ2) is 12.3. The van der Waals surface area contributed by atoms with Gasteiger partial charge in [0.25, 0.3) is 0 Å². The number of nitrogens with zero attached hydrogens (tertiary/aromatic N) is 1. The fourth-order valence-electron chi connectivity index (χ4n) is 5.90. The number of benzene rings is 3. The third-order valence-electron chi connectivity index (χ3n) is 7.92. The molecule has 0 aromatic heterocycles. The maximum atomic E-state index is 12.8. The van der Waals surface area contributed by atoms with Gasteiger partial charge in [-0.05, 0) is 40.7 Å². The SMILES string of the molecule is O=C(O)CC1(NC(=O)CCNC(=O)OCC2c3ccccc3-c3ccccc32)CCN(Cc2ccccc2)CC1. The van der Waals surface area contributed by atoms with Crippen LogP contribution in [0.2, 0.25) is 0 Å². The predicted molar refractivity (Wildman–Crippen MR) is 152 cm³/mol. The Morgan fingerprint density at radius 2 is 1.48 bits per heavy atom. The van der Waals surface area contributed by atoms with Gasteiger partial charge in [0.1, 0.15) is 6.61 Å². The predicted octanol–water partition coefficient (Wildman–Crippen LogP) is 4.54. The zero-order valence-electron chi connectivity index (χ0n) is 22.5. The molecule has 5 rings (SSSR count). The Kier molecular flexibility index (Phi) is 8.45. The van der Waals surface area contributed by atoms with E-state index in [-0.39, 0.29) is 37.8 Å². The van der Waals surface area contributed by atoms with Crippen LogP contribution in [0, 0.1) is 0 Å². The van der Waals surface area contributed by atoms with Gasteiger partial charge in [0.2, 0.25) is 5.91 Å². The Morgan fingerprint density at radius 3 is 2.10 bits per heavy atom. The largest absolute Gasteiger partial charge is 0.481 e. The highest BCUT2D eigenvalue weighted by atomic mass is 16.5. The van der Waals surface area contributed by atoms with Gasteiger partial charge in [-0.1, -0.05) is 78.9 Å². The summed E-state index contributed by atoms with van der Waals surface area (Å²) >= 11 is 0. The Hall–Kier alpha value is -4.17. The van der Waals surface area contributed by atoms with E-state index in [9.17, 15) is 19.5 Å². The summed E-state index contributed by atoms with van der Waals surface area (Å²) in [7, 11) is 0. The molecular weight excluding hydrogens is 506 g/mol. The van der Waals surface area contributed by atoms with Crippen molar-refractivity contribution in [3.8, 4) is 11.1 Å². The quantitative estimate of drug-likeness (QED) is 0.348. The molecule has 3 N–H and O–H groups in total. The molecule has 1 fully saturated rings. The fourth-order valence-corrected chi connectivity index (χ4v) is 5.90. The van der Waals surface area contributed by atoms with Crippen molar-refractivity contribution in [1.82, 2.24) is 15.5 Å². The first-order valence-corrected chi connectivity index (χ1v) is 13.8. The minimum absolute atomic E-state index is 0.0370. The number of carboxylic acids is 1. The number of hydrogen-bond donors (Lipinski definition) is 3. The van der Waals surface area contributed by atoms with Crippen LogP contribution in [-0.4, -0.2) is 59.8 Å². The summed E-state index contributed by atoms with van der Waals surface area (Å²) in [5.74, 6) is -1.25. The van der Waals surface area contributed by atoms with E-state index in [2.05, 4.69) is 51.9 Å².